The fourth-order valence-corrected chi connectivity index (χ4v) is 3.70. The van der Waals surface area contributed by atoms with E-state index in [0.29, 0.717) is 13.1 Å². The Morgan fingerprint density at radius 1 is 1.20 bits per heavy atom. The summed E-state index contributed by atoms with van der Waals surface area (Å²) in [5.74, 6) is 0.136. The zero-order valence-electron chi connectivity index (χ0n) is 16.9. The molecule has 1 aromatic heterocycles. The molecule has 3 rings (SSSR count). The van der Waals surface area contributed by atoms with E-state index in [1.54, 1.807) is 0 Å². The molecule has 1 fully saturated rings. The van der Waals surface area contributed by atoms with E-state index in [9.17, 15) is 13.2 Å². The molecule has 30 heavy (non-hydrogen) atoms. The first kappa shape index (κ1) is 22.3. The second kappa shape index (κ2) is 10.1. The van der Waals surface area contributed by atoms with Crippen molar-refractivity contribution in [3.8, 4) is 0 Å². The Morgan fingerprint density at radius 3 is 2.67 bits per heavy atom. The Hall–Kier alpha value is -2.42. The van der Waals surface area contributed by atoms with E-state index in [1.165, 1.54) is 5.56 Å². The number of rotatable bonds is 6. The van der Waals surface area contributed by atoms with Crippen LogP contribution >= 0.6 is 12.2 Å². The molecule has 0 radical (unpaired) electrons. The molecule has 1 aliphatic rings. The second-order valence-corrected chi connectivity index (χ2v) is 7.85. The molecule has 9 heteroatoms. The van der Waals surface area contributed by atoms with Crippen LogP contribution in [0.1, 0.15) is 43.9 Å². The van der Waals surface area contributed by atoms with Gasteiger partial charge in [0.15, 0.2) is 10.8 Å². The van der Waals surface area contributed by atoms with Crippen LogP contribution in [0.25, 0.3) is 0 Å². The van der Waals surface area contributed by atoms with E-state index >= 15 is 0 Å². The van der Waals surface area contributed by atoms with E-state index in [4.69, 9.17) is 12.2 Å². The van der Waals surface area contributed by atoms with Crippen molar-refractivity contribution in [2.24, 2.45) is 0 Å². The zero-order valence-corrected chi connectivity index (χ0v) is 17.7. The molecule has 2 N–H and O–H groups in total. The standard InChI is InChI=1S/C21H26F3N5S/c1-15-8-5-6-13-29(15)18-14-17(21(22,23)24)26-19(27-18)28-20(30)25-12-7-11-16-9-3-2-4-10-16/h2-4,9-10,14-15H,5-8,11-13H2,1H3,(H2,25,26,27,28,30). The second-order valence-electron chi connectivity index (χ2n) is 7.44. The Morgan fingerprint density at radius 2 is 1.97 bits per heavy atom. The van der Waals surface area contributed by atoms with Gasteiger partial charge < -0.3 is 15.5 Å². The van der Waals surface area contributed by atoms with E-state index in [2.05, 4.69) is 32.7 Å². The molecule has 5 nitrogen and oxygen atoms in total. The van der Waals surface area contributed by atoms with Crippen molar-refractivity contribution in [1.82, 2.24) is 15.3 Å². The Balaban J connectivity index is 1.63. The molecule has 0 aliphatic carbocycles. The number of piperidine rings is 1. The molecule has 2 aromatic rings. The average molecular weight is 438 g/mol. The molecule has 1 aliphatic heterocycles. The molecule has 0 spiro atoms. The molecule has 0 saturated carbocycles. The van der Waals surface area contributed by atoms with Crippen molar-refractivity contribution >= 4 is 29.1 Å². The summed E-state index contributed by atoms with van der Waals surface area (Å²) in [6.07, 6.45) is 0.0868. The predicted octanol–water partition coefficient (Wildman–Crippen LogP) is 4.79. The van der Waals surface area contributed by atoms with Crippen molar-refractivity contribution in [3.63, 3.8) is 0 Å². The van der Waals surface area contributed by atoms with Crippen LogP contribution in [0.3, 0.4) is 0 Å². The Bertz CT molecular complexity index is 844. The van der Waals surface area contributed by atoms with Crippen LogP contribution in [-0.4, -0.2) is 34.2 Å². The number of alkyl halides is 3. The van der Waals surface area contributed by atoms with Gasteiger partial charge >= 0.3 is 6.18 Å². The highest BCUT2D eigenvalue weighted by Crippen LogP contribution is 2.32. The topological polar surface area (TPSA) is 53.1 Å². The summed E-state index contributed by atoms with van der Waals surface area (Å²) >= 11 is 5.23. The summed E-state index contributed by atoms with van der Waals surface area (Å²) in [4.78, 5) is 9.86. The lowest BCUT2D eigenvalue weighted by Crippen LogP contribution is -2.38. The van der Waals surface area contributed by atoms with E-state index in [0.717, 1.165) is 38.2 Å². The van der Waals surface area contributed by atoms with E-state index < -0.39 is 11.9 Å². The molecule has 1 saturated heterocycles. The number of nitrogens with one attached hydrogen (secondary N) is 2. The third kappa shape index (κ3) is 6.29. The van der Waals surface area contributed by atoms with E-state index in [1.807, 2.05) is 30.0 Å². The highest BCUT2D eigenvalue weighted by molar-refractivity contribution is 7.80. The molecule has 1 unspecified atom stereocenters. The SMILES string of the molecule is CC1CCCCN1c1cc(C(F)(F)F)nc(NC(=S)NCCCc2ccccc2)n1. The maximum Gasteiger partial charge on any atom is 0.433 e. The number of hydrogen-bond acceptors (Lipinski definition) is 4. The first-order valence-electron chi connectivity index (χ1n) is 10.1. The smallest absolute Gasteiger partial charge is 0.362 e. The minimum absolute atomic E-state index is 0.130. The number of benzene rings is 1. The average Bonchev–Trinajstić information content (AvgIpc) is 2.71. The number of halogens is 3. The van der Waals surface area contributed by atoms with Crippen molar-refractivity contribution in [1.29, 1.82) is 0 Å². The van der Waals surface area contributed by atoms with Crippen LogP contribution in [0.4, 0.5) is 24.9 Å². The Labute approximate surface area is 180 Å². The van der Waals surface area contributed by atoms with Gasteiger partial charge in [-0.2, -0.15) is 18.2 Å². The monoisotopic (exact) mass is 437 g/mol. The quantitative estimate of drug-likeness (QED) is 0.501. The van der Waals surface area contributed by atoms with Crippen LogP contribution in [0.5, 0.6) is 0 Å². The van der Waals surface area contributed by atoms with Gasteiger partial charge in [0.1, 0.15) is 5.82 Å². The highest BCUT2D eigenvalue weighted by atomic mass is 32.1. The summed E-state index contributed by atoms with van der Waals surface area (Å²) in [6, 6.07) is 11.2. The third-order valence-electron chi connectivity index (χ3n) is 5.10. The lowest BCUT2D eigenvalue weighted by atomic mass is 10.0. The normalized spacial score (nSPS) is 16.9. The predicted molar refractivity (Wildman–Crippen MR) is 117 cm³/mol. The summed E-state index contributed by atoms with van der Waals surface area (Å²) in [5, 5.41) is 5.94. The highest BCUT2D eigenvalue weighted by Gasteiger charge is 2.35. The van der Waals surface area contributed by atoms with Crippen molar-refractivity contribution < 1.29 is 13.2 Å². The van der Waals surface area contributed by atoms with Crippen LogP contribution < -0.4 is 15.5 Å². The number of nitrogens with zero attached hydrogens (tertiary/aromatic N) is 3. The summed E-state index contributed by atoms with van der Waals surface area (Å²) < 4.78 is 40.1. The van der Waals surface area contributed by atoms with E-state index in [-0.39, 0.29) is 22.9 Å². The van der Waals surface area contributed by atoms with Crippen LogP contribution in [-0.2, 0) is 12.6 Å². The van der Waals surface area contributed by atoms with Gasteiger partial charge in [-0.15, -0.1) is 0 Å². The summed E-state index contributed by atoms with van der Waals surface area (Å²) in [5.41, 5.74) is 0.249. The third-order valence-corrected chi connectivity index (χ3v) is 5.34. The summed E-state index contributed by atoms with van der Waals surface area (Å²) in [6.45, 7) is 3.27. The van der Waals surface area contributed by atoms with Crippen molar-refractivity contribution in [2.75, 3.05) is 23.3 Å². The molecule has 0 amide bonds. The maximum atomic E-state index is 13.4. The van der Waals surface area contributed by atoms with Crippen molar-refractivity contribution in [3.05, 3.63) is 47.7 Å². The number of thiocarbonyl (C=S) groups is 1. The maximum absolute atomic E-state index is 13.4. The van der Waals surface area contributed by atoms with Gasteiger partial charge in [0.05, 0.1) is 0 Å². The largest absolute Gasteiger partial charge is 0.433 e. The van der Waals surface area contributed by atoms with Gasteiger partial charge in [0, 0.05) is 25.2 Å². The Kier molecular flexibility index (Phi) is 7.47. The summed E-state index contributed by atoms with van der Waals surface area (Å²) in [7, 11) is 0. The first-order valence-corrected chi connectivity index (χ1v) is 10.6. The van der Waals surface area contributed by atoms with Gasteiger partial charge in [-0.1, -0.05) is 30.3 Å². The van der Waals surface area contributed by atoms with Gasteiger partial charge in [0.2, 0.25) is 5.95 Å². The molecular weight excluding hydrogens is 411 g/mol. The minimum Gasteiger partial charge on any atom is -0.362 e. The first-order chi connectivity index (χ1) is 14.3. The van der Waals surface area contributed by atoms with Gasteiger partial charge in [0.25, 0.3) is 0 Å². The number of hydrogen-bond donors (Lipinski definition) is 2. The van der Waals surface area contributed by atoms with Crippen LogP contribution in [0, 0.1) is 0 Å². The van der Waals surface area contributed by atoms with Crippen LogP contribution in [0.2, 0.25) is 0 Å². The fraction of sp³-hybridized carbons (Fsp3) is 0.476. The number of aryl methyl sites for hydroxylation is 1. The number of anilines is 2. The molecule has 162 valence electrons. The molecule has 2 heterocycles. The number of aromatic nitrogens is 2. The molecule has 1 aromatic carbocycles. The molecule has 0 bridgehead atoms. The van der Waals surface area contributed by atoms with Crippen LogP contribution in [0.15, 0.2) is 36.4 Å². The lowest BCUT2D eigenvalue weighted by Gasteiger charge is -2.34. The minimum atomic E-state index is -4.56. The fourth-order valence-electron chi connectivity index (χ4n) is 3.51. The van der Waals surface area contributed by atoms with Gasteiger partial charge in [-0.05, 0) is 56.8 Å². The van der Waals surface area contributed by atoms with Gasteiger partial charge in [-0.3, -0.25) is 0 Å². The van der Waals surface area contributed by atoms with Gasteiger partial charge in [-0.25, -0.2) is 4.98 Å². The lowest BCUT2D eigenvalue weighted by molar-refractivity contribution is -0.141. The molecular formula is C21H26F3N5S. The zero-order chi connectivity index (χ0) is 21.6. The molecule has 1 atom stereocenters. The van der Waals surface area contributed by atoms with Crippen molar-refractivity contribution in [2.45, 2.75) is 51.2 Å².